The van der Waals surface area contributed by atoms with Crippen LogP contribution in [0.1, 0.15) is 35.7 Å². The van der Waals surface area contributed by atoms with Gasteiger partial charge in [0.1, 0.15) is 5.75 Å². The maximum absolute atomic E-state index is 12.6. The van der Waals surface area contributed by atoms with Gasteiger partial charge in [-0.3, -0.25) is 9.59 Å². The number of carbonyl (C=O) groups excluding carboxylic acids is 2. The van der Waals surface area contributed by atoms with Gasteiger partial charge in [0, 0.05) is 30.3 Å². The largest absolute Gasteiger partial charge is 0.496 e. The predicted molar refractivity (Wildman–Crippen MR) is 92.6 cm³/mol. The average molecular weight is 341 g/mol. The van der Waals surface area contributed by atoms with E-state index in [-0.39, 0.29) is 36.6 Å². The van der Waals surface area contributed by atoms with Crippen LogP contribution in [0.15, 0.2) is 18.2 Å². The summed E-state index contributed by atoms with van der Waals surface area (Å²) in [7, 11) is 3.48. The number of methoxy groups -OCH3 is 1. The van der Waals surface area contributed by atoms with E-state index in [0.717, 1.165) is 31.5 Å². The first-order chi connectivity index (χ1) is 10.6. The molecule has 0 aliphatic carbocycles. The average Bonchev–Trinajstić information content (AvgIpc) is 2.96. The Labute approximate surface area is 143 Å². The smallest absolute Gasteiger partial charge is 0.227 e. The highest BCUT2D eigenvalue weighted by atomic mass is 35.5. The summed E-state index contributed by atoms with van der Waals surface area (Å²) in [5.74, 6) is 0.741. The Morgan fingerprint density at radius 2 is 2.13 bits per heavy atom. The molecule has 0 aromatic heterocycles. The minimum atomic E-state index is -0.00872. The fourth-order valence-electron chi connectivity index (χ4n) is 3.01. The van der Waals surface area contributed by atoms with Gasteiger partial charge in [-0.15, -0.1) is 12.4 Å². The van der Waals surface area contributed by atoms with Gasteiger partial charge in [0.25, 0.3) is 0 Å². The lowest BCUT2D eigenvalue weighted by Crippen LogP contribution is -2.41. The van der Waals surface area contributed by atoms with Gasteiger partial charge in [0.05, 0.1) is 13.5 Å². The molecule has 1 aliphatic heterocycles. The van der Waals surface area contributed by atoms with Crippen molar-refractivity contribution in [2.45, 2.75) is 32.2 Å². The molecule has 0 radical (unpaired) electrons. The van der Waals surface area contributed by atoms with Crippen molar-refractivity contribution in [3.63, 3.8) is 0 Å². The van der Waals surface area contributed by atoms with Crippen molar-refractivity contribution in [3.05, 3.63) is 29.3 Å². The van der Waals surface area contributed by atoms with Gasteiger partial charge in [-0.25, -0.2) is 0 Å². The third kappa shape index (κ3) is 4.69. The lowest BCUT2D eigenvalue weighted by Gasteiger charge is -2.25. The van der Waals surface area contributed by atoms with Crippen molar-refractivity contribution in [3.8, 4) is 5.75 Å². The van der Waals surface area contributed by atoms with E-state index in [1.807, 2.05) is 11.9 Å². The number of hydrogen-bond donors (Lipinski definition) is 1. The number of ketones is 1. The lowest BCUT2D eigenvalue weighted by atomic mass is 10.0. The summed E-state index contributed by atoms with van der Waals surface area (Å²) in [6, 6.07) is 5.52. The number of likely N-dealkylation sites (N-methyl/N-ethyl adjacent to an activating group) is 1. The van der Waals surface area contributed by atoms with Crippen LogP contribution < -0.4 is 10.1 Å². The fraction of sp³-hybridized carbons (Fsp3) is 0.529. The van der Waals surface area contributed by atoms with E-state index in [4.69, 9.17) is 4.74 Å². The summed E-state index contributed by atoms with van der Waals surface area (Å²) in [6.45, 7) is 3.15. The molecular weight excluding hydrogens is 316 g/mol. The van der Waals surface area contributed by atoms with Crippen molar-refractivity contribution in [2.75, 3.05) is 27.2 Å². The number of benzene rings is 1. The zero-order valence-electron chi connectivity index (χ0n) is 13.9. The molecule has 1 fully saturated rings. The van der Waals surface area contributed by atoms with Crippen LogP contribution in [-0.2, 0) is 11.2 Å². The van der Waals surface area contributed by atoms with Crippen molar-refractivity contribution in [1.29, 1.82) is 0 Å². The van der Waals surface area contributed by atoms with E-state index < -0.39 is 0 Å². The molecule has 0 spiro atoms. The summed E-state index contributed by atoms with van der Waals surface area (Å²) in [6.07, 6.45) is 2.35. The topological polar surface area (TPSA) is 58.6 Å². The second kappa shape index (κ2) is 8.89. The summed E-state index contributed by atoms with van der Waals surface area (Å²) >= 11 is 0. The molecule has 6 heteroatoms. The summed E-state index contributed by atoms with van der Waals surface area (Å²) in [5.41, 5.74) is 1.38. The van der Waals surface area contributed by atoms with Gasteiger partial charge in [-0.2, -0.15) is 0 Å². The van der Waals surface area contributed by atoms with Gasteiger partial charge >= 0.3 is 0 Å². The molecule has 1 aromatic carbocycles. The zero-order chi connectivity index (χ0) is 16.1. The Morgan fingerprint density at radius 3 is 2.74 bits per heavy atom. The molecule has 0 bridgehead atoms. The number of rotatable bonds is 6. The van der Waals surface area contributed by atoms with E-state index in [2.05, 4.69) is 5.32 Å². The van der Waals surface area contributed by atoms with E-state index in [9.17, 15) is 9.59 Å². The number of carbonyl (C=O) groups is 2. The van der Waals surface area contributed by atoms with Crippen LogP contribution in [-0.4, -0.2) is 49.9 Å². The molecular formula is C17H25ClN2O3. The third-order valence-corrected chi connectivity index (χ3v) is 4.17. The number of likely N-dealkylation sites (tertiary alicyclic amines) is 1. The van der Waals surface area contributed by atoms with E-state index >= 15 is 0 Å². The number of hydrogen-bond acceptors (Lipinski definition) is 4. The van der Waals surface area contributed by atoms with Crippen LogP contribution in [0.4, 0.5) is 0 Å². The number of nitrogens with one attached hydrogen (secondary N) is 1. The highest BCUT2D eigenvalue weighted by Crippen LogP contribution is 2.24. The van der Waals surface area contributed by atoms with Gasteiger partial charge < -0.3 is 15.0 Å². The van der Waals surface area contributed by atoms with Crippen molar-refractivity contribution in [1.82, 2.24) is 10.2 Å². The molecule has 1 saturated heterocycles. The Bertz CT molecular complexity index is 563. The minimum Gasteiger partial charge on any atom is -0.496 e. The first-order valence-electron chi connectivity index (χ1n) is 7.68. The molecule has 128 valence electrons. The fourth-order valence-corrected chi connectivity index (χ4v) is 3.01. The number of Topliss-reactive ketones (excluding diaryl/α,β-unsaturated/α-hetero) is 1. The highest BCUT2D eigenvalue weighted by molar-refractivity contribution is 5.94. The third-order valence-electron chi connectivity index (χ3n) is 4.17. The van der Waals surface area contributed by atoms with Crippen LogP contribution in [0.2, 0.25) is 0 Å². The molecule has 1 atom stereocenters. The minimum absolute atomic E-state index is 0. The van der Waals surface area contributed by atoms with Crippen LogP contribution in [0, 0.1) is 0 Å². The SMILES string of the molecule is CNCC1CCCN1C(=O)Cc1cc(C(C)=O)ccc1OC.Cl. The number of ether oxygens (including phenoxy) is 1. The monoisotopic (exact) mass is 340 g/mol. The predicted octanol–water partition coefficient (Wildman–Crippen LogP) is 2.07. The summed E-state index contributed by atoms with van der Waals surface area (Å²) in [4.78, 5) is 26.1. The lowest BCUT2D eigenvalue weighted by molar-refractivity contribution is -0.131. The Balaban J connectivity index is 0.00000264. The standard InChI is InChI=1S/C17H24N2O3.ClH/c1-12(20)13-6-7-16(22-3)14(9-13)10-17(21)19-8-4-5-15(19)11-18-2;/h6-7,9,15,18H,4-5,8,10-11H2,1-3H3;1H. The van der Waals surface area contributed by atoms with Crippen LogP contribution in [0.3, 0.4) is 0 Å². The van der Waals surface area contributed by atoms with Gasteiger partial charge in [0.15, 0.2) is 5.78 Å². The number of halogens is 1. The van der Waals surface area contributed by atoms with Gasteiger partial charge in [-0.05, 0) is 45.0 Å². The Morgan fingerprint density at radius 1 is 1.39 bits per heavy atom. The molecule has 23 heavy (non-hydrogen) atoms. The van der Waals surface area contributed by atoms with Crippen LogP contribution in [0.5, 0.6) is 5.75 Å². The zero-order valence-corrected chi connectivity index (χ0v) is 14.7. The molecule has 1 N–H and O–H groups in total. The molecule has 1 heterocycles. The molecule has 1 aromatic rings. The molecule has 0 saturated carbocycles. The van der Waals surface area contributed by atoms with Crippen molar-refractivity contribution < 1.29 is 14.3 Å². The Kier molecular flexibility index (Phi) is 7.52. The highest BCUT2D eigenvalue weighted by Gasteiger charge is 2.28. The summed E-state index contributed by atoms with van der Waals surface area (Å²) < 4.78 is 5.32. The molecule has 5 nitrogen and oxygen atoms in total. The van der Waals surface area contributed by atoms with Crippen LogP contribution >= 0.6 is 12.4 Å². The quantitative estimate of drug-likeness (QED) is 0.805. The van der Waals surface area contributed by atoms with Crippen molar-refractivity contribution >= 4 is 24.1 Å². The first kappa shape index (κ1) is 19.5. The molecule has 2 rings (SSSR count). The molecule has 1 aliphatic rings. The van der Waals surface area contributed by atoms with Gasteiger partial charge in [0.2, 0.25) is 5.91 Å². The molecule has 1 unspecified atom stereocenters. The van der Waals surface area contributed by atoms with Crippen LogP contribution in [0.25, 0.3) is 0 Å². The molecule has 1 amide bonds. The van der Waals surface area contributed by atoms with E-state index in [1.54, 1.807) is 25.3 Å². The second-order valence-electron chi connectivity index (χ2n) is 5.70. The number of nitrogens with zero attached hydrogens (tertiary/aromatic N) is 1. The summed E-state index contributed by atoms with van der Waals surface area (Å²) in [5, 5.41) is 3.14. The Hall–Kier alpha value is -1.59. The normalized spacial score (nSPS) is 16.8. The number of amides is 1. The van der Waals surface area contributed by atoms with E-state index in [1.165, 1.54) is 6.92 Å². The maximum Gasteiger partial charge on any atom is 0.227 e. The van der Waals surface area contributed by atoms with Crippen molar-refractivity contribution in [2.24, 2.45) is 0 Å². The van der Waals surface area contributed by atoms with Gasteiger partial charge in [-0.1, -0.05) is 0 Å². The van der Waals surface area contributed by atoms with E-state index in [0.29, 0.717) is 11.3 Å². The first-order valence-corrected chi connectivity index (χ1v) is 7.68. The maximum atomic E-state index is 12.6. The second-order valence-corrected chi connectivity index (χ2v) is 5.70.